The highest BCUT2D eigenvalue weighted by Crippen LogP contribution is 2.42. The molecule has 0 radical (unpaired) electrons. The molecule has 0 unspecified atom stereocenters. The van der Waals surface area contributed by atoms with E-state index in [4.69, 9.17) is 5.41 Å². The number of hydrogen-bond donors (Lipinski definition) is 3. The lowest BCUT2D eigenvalue weighted by Gasteiger charge is -2.42. The van der Waals surface area contributed by atoms with Crippen LogP contribution in [0.4, 0.5) is 4.79 Å². The Hall–Kier alpha value is -2.91. The maximum Gasteiger partial charge on any atom is 0.334 e. The average molecular weight is 448 g/mol. The molecule has 1 aliphatic heterocycles. The van der Waals surface area contributed by atoms with Crippen molar-refractivity contribution in [2.45, 2.75) is 84.3 Å². The van der Waals surface area contributed by atoms with Crippen LogP contribution in [0.3, 0.4) is 0 Å². The van der Waals surface area contributed by atoms with E-state index in [2.05, 4.69) is 12.2 Å². The van der Waals surface area contributed by atoms with Crippen molar-refractivity contribution >= 4 is 18.2 Å². The van der Waals surface area contributed by atoms with Crippen LogP contribution in [0.15, 0.2) is 9.59 Å². The van der Waals surface area contributed by atoms with Crippen molar-refractivity contribution in [1.82, 2.24) is 19.4 Å². The SMILES string of the molecule is CCCCn1c(O)c(C=N)c(=O)n(C2CCC(C)(CN3C(=O)NC(=O)C3(C)C)CC2)c1=O. The van der Waals surface area contributed by atoms with Crippen LogP contribution in [-0.2, 0) is 11.3 Å². The van der Waals surface area contributed by atoms with Crippen molar-refractivity contribution in [3.63, 3.8) is 0 Å². The molecular weight excluding hydrogens is 414 g/mol. The molecule has 10 heteroatoms. The summed E-state index contributed by atoms with van der Waals surface area (Å²) in [6, 6.07) is -0.746. The molecular formula is C22H33N5O5. The molecule has 1 saturated carbocycles. The van der Waals surface area contributed by atoms with Gasteiger partial charge < -0.3 is 15.4 Å². The molecule has 32 heavy (non-hydrogen) atoms. The van der Waals surface area contributed by atoms with Crippen LogP contribution in [0.25, 0.3) is 0 Å². The van der Waals surface area contributed by atoms with E-state index in [1.54, 1.807) is 18.7 Å². The zero-order valence-corrected chi connectivity index (χ0v) is 19.2. The van der Waals surface area contributed by atoms with Crippen molar-refractivity contribution < 1.29 is 14.7 Å². The first-order chi connectivity index (χ1) is 15.0. The predicted octanol–water partition coefficient (Wildman–Crippen LogP) is 1.97. The third-order valence-electron chi connectivity index (χ3n) is 7.03. The van der Waals surface area contributed by atoms with Crippen molar-refractivity contribution in [2.75, 3.05) is 6.54 Å². The number of nitrogens with zero attached hydrogens (tertiary/aromatic N) is 3. The Morgan fingerprint density at radius 1 is 1.16 bits per heavy atom. The van der Waals surface area contributed by atoms with Gasteiger partial charge in [-0.2, -0.15) is 0 Å². The predicted molar refractivity (Wildman–Crippen MR) is 119 cm³/mol. The Bertz CT molecular complexity index is 1050. The van der Waals surface area contributed by atoms with E-state index in [0.717, 1.165) is 12.6 Å². The van der Waals surface area contributed by atoms with Crippen LogP contribution in [0.2, 0.25) is 0 Å². The topological polar surface area (TPSA) is 137 Å². The highest BCUT2D eigenvalue weighted by atomic mass is 16.3. The van der Waals surface area contributed by atoms with E-state index in [9.17, 15) is 24.3 Å². The minimum atomic E-state index is -0.920. The molecule has 1 aromatic heterocycles. The van der Waals surface area contributed by atoms with E-state index in [-0.39, 0.29) is 29.5 Å². The summed E-state index contributed by atoms with van der Waals surface area (Å²) in [5.41, 5.74) is -2.55. The smallest absolute Gasteiger partial charge is 0.334 e. The second-order valence-corrected chi connectivity index (χ2v) is 9.79. The third kappa shape index (κ3) is 3.98. The van der Waals surface area contributed by atoms with Gasteiger partial charge in [0.05, 0.1) is 0 Å². The zero-order valence-electron chi connectivity index (χ0n) is 19.2. The van der Waals surface area contributed by atoms with Crippen molar-refractivity contribution in [3.8, 4) is 5.88 Å². The molecule has 2 fully saturated rings. The number of imide groups is 1. The normalized spacial score (nSPS) is 25.1. The first-order valence-electron chi connectivity index (χ1n) is 11.2. The van der Waals surface area contributed by atoms with Gasteiger partial charge in [0.1, 0.15) is 11.1 Å². The number of carbonyl (C=O) groups is 2. The number of aromatic hydroxyl groups is 1. The second-order valence-electron chi connectivity index (χ2n) is 9.79. The number of unbranched alkanes of at least 4 members (excludes halogenated alkanes) is 1. The van der Waals surface area contributed by atoms with Gasteiger partial charge in [0.25, 0.3) is 11.5 Å². The number of nitrogens with one attached hydrogen (secondary N) is 2. The van der Waals surface area contributed by atoms with E-state index in [1.165, 1.54) is 9.13 Å². The molecule has 0 atom stereocenters. The van der Waals surface area contributed by atoms with Crippen molar-refractivity contribution in [1.29, 1.82) is 5.41 Å². The molecule has 1 saturated heterocycles. The first-order valence-corrected chi connectivity index (χ1v) is 11.2. The molecule has 0 spiro atoms. The minimum absolute atomic E-state index is 0.178. The average Bonchev–Trinajstić information content (AvgIpc) is 2.91. The summed E-state index contributed by atoms with van der Waals surface area (Å²) in [6.45, 7) is 8.14. The Morgan fingerprint density at radius 3 is 2.28 bits per heavy atom. The van der Waals surface area contributed by atoms with Gasteiger partial charge in [-0.15, -0.1) is 0 Å². The first kappa shape index (κ1) is 23.7. The fourth-order valence-corrected chi connectivity index (χ4v) is 4.71. The number of aromatic nitrogens is 2. The highest BCUT2D eigenvalue weighted by molar-refractivity contribution is 6.06. The third-order valence-corrected chi connectivity index (χ3v) is 7.03. The number of rotatable bonds is 7. The van der Waals surface area contributed by atoms with Gasteiger partial charge in [-0.05, 0) is 51.4 Å². The van der Waals surface area contributed by atoms with Crippen LogP contribution in [0, 0.1) is 10.8 Å². The summed E-state index contributed by atoms with van der Waals surface area (Å²) in [7, 11) is 0. The number of urea groups is 1. The molecule has 0 aromatic carbocycles. The fraction of sp³-hybridized carbons (Fsp3) is 0.682. The number of carbonyl (C=O) groups excluding carboxylic acids is 2. The second kappa shape index (κ2) is 8.55. The van der Waals surface area contributed by atoms with Crippen LogP contribution >= 0.6 is 0 Å². The fourth-order valence-electron chi connectivity index (χ4n) is 4.71. The van der Waals surface area contributed by atoms with E-state index in [1.807, 2.05) is 6.92 Å². The molecule has 1 aliphatic carbocycles. The molecule has 0 bridgehead atoms. The Kier molecular flexibility index (Phi) is 6.35. The van der Waals surface area contributed by atoms with Crippen LogP contribution in [0.5, 0.6) is 5.88 Å². The quantitative estimate of drug-likeness (QED) is 0.433. The summed E-state index contributed by atoms with van der Waals surface area (Å²) >= 11 is 0. The largest absolute Gasteiger partial charge is 0.494 e. The lowest BCUT2D eigenvalue weighted by Crippen LogP contribution is -2.50. The van der Waals surface area contributed by atoms with Gasteiger partial charge in [-0.3, -0.25) is 24.0 Å². The number of amides is 3. The Balaban J connectivity index is 1.85. The zero-order chi connectivity index (χ0) is 23.8. The molecule has 3 amide bonds. The highest BCUT2D eigenvalue weighted by Gasteiger charge is 2.48. The van der Waals surface area contributed by atoms with Gasteiger partial charge in [-0.1, -0.05) is 20.3 Å². The standard InChI is InChI=1S/C22H33N5O5/c1-5-6-11-25-16(28)15(12-23)17(29)27(20(25)32)14-7-9-22(4,10-8-14)13-26-19(31)24-18(30)21(26,2)3/h12,14,23,28H,5-11,13H2,1-4H3,(H,24,30,31). The van der Waals surface area contributed by atoms with Crippen molar-refractivity contribution in [2.24, 2.45) is 5.41 Å². The lowest BCUT2D eigenvalue weighted by atomic mass is 9.73. The molecule has 176 valence electrons. The van der Waals surface area contributed by atoms with Gasteiger partial charge in [0.15, 0.2) is 0 Å². The van der Waals surface area contributed by atoms with Crippen LogP contribution < -0.4 is 16.6 Å². The molecule has 3 rings (SSSR count). The van der Waals surface area contributed by atoms with Crippen molar-refractivity contribution in [3.05, 3.63) is 26.4 Å². The number of hydrogen-bond acceptors (Lipinski definition) is 6. The van der Waals surface area contributed by atoms with E-state index >= 15 is 0 Å². The summed E-state index contributed by atoms with van der Waals surface area (Å²) in [6.07, 6.45) is 4.69. The van der Waals surface area contributed by atoms with Gasteiger partial charge >= 0.3 is 11.7 Å². The monoisotopic (exact) mass is 447 g/mol. The van der Waals surface area contributed by atoms with Gasteiger partial charge in [0, 0.05) is 25.3 Å². The van der Waals surface area contributed by atoms with E-state index < -0.39 is 28.7 Å². The summed E-state index contributed by atoms with van der Waals surface area (Å²) < 4.78 is 2.37. The molecule has 10 nitrogen and oxygen atoms in total. The molecule has 3 N–H and O–H groups in total. The van der Waals surface area contributed by atoms with Gasteiger partial charge in [-0.25, -0.2) is 9.59 Å². The minimum Gasteiger partial charge on any atom is -0.494 e. The Labute approximate surface area is 186 Å². The van der Waals surface area contributed by atoms with Gasteiger partial charge in [0.2, 0.25) is 5.88 Å². The molecule has 1 aromatic rings. The maximum atomic E-state index is 13.1. The lowest BCUT2D eigenvalue weighted by molar-refractivity contribution is -0.125. The van der Waals surface area contributed by atoms with Crippen LogP contribution in [-0.4, -0.2) is 49.4 Å². The molecule has 2 heterocycles. The molecule has 2 aliphatic rings. The summed E-state index contributed by atoms with van der Waals surface area (Å²) in [5, 5.41) is 20.3. The summed E-state index contributed by atoms with van der Waals surface area (Å²) in [4.78, 5) is 51.9. The summed E-state index contributed by atoms with van der Waals surface area (Å²) in [5.74, 6) is -0.769. The maximum absolute atomic E-state index is 13.1. The van der Waals surface area contributed by atoms with E-state index in [0.29, 0.717) is 38.6 Å². The van der Waals surface area contributed by atoms with Crippen LogP contribution in [0.1, 0.15) is 77.8 Å². The Morgan fingerprint density at radius 2 is 1.78 bits per heavy atom.